The van der Waals surface area contributed by atoms with Crippen LogP contribution in [-0.4, -0.2) is 51.5 Å². The van der Waals surface area contributed by atoms with Gasteiger partial charge < -0.3 is 14.5 Å². The summed E-state index contributed by atoms with van der Waals surface area (Å²) in [5.41, 5.74) is 1.38. The second-order valence-electron chi connectivity index (χ2n) is 6.25. The molecule has 8 heteroatoms. The van der Waals surface area contributed by atoms with E-state index in [1.165, 1.54) is 34.9 Å². The summed E-state index contributed by atoms with van der Waals surface area (Å²) >= 11 is 0. The minimum absolute atomic E-state index is 0.0180. The van der Waals surface area contributed by atoms with Gasteiger partial charge in [-0.05, 0) is 44.2 Å². The van der Waals surface area contributed by atoms with Crippen molar-refractivity contribution in [2.45, 2.75) is 37.2 Å². The van der Waals surface area contributed by atoms with Gasteiger partial charge in [0.05, 0.1) is 13.2 Å². The van der Waals surface area contributed by atoms with Crippen molar-refractivity contribution >= 4 is 15.9 Å². The lowest BCUT2D eigenvalue weighted by Gasteiger charge is -2.24. The van der Waals surface area contributed by atoms with E-state index in [0.29, 0.717) is 32.8 Å². The molecule has 1 aromatic rings. The summed E-state index contributed by atoms with van der Waals surface area (Å²) < 4.78 is 36.7. The molecule has 1 aliphatic heterocycles. The van der Waals surface area contributed by atoms with Crippen LogP contribution >= 0.6 is 0 Å². The Bertz CT molecular complexity index is 732. The third-order valence-corrected chi connectivity index (χ3v) is 6.26. The van der Waals surface area contributed by atoms with Crippen molar-refractivity contribution in [1.82, 2.24) is 9.62 Å². The van der Waals surface area contributed by atoms with E-state index in [1.54, 1.807) is 0 Å². The topological polar surface area (TPSA) is 88.9 Å². The lowest BCUT2D eigenvalue weighted by molar-refractivity contribution is 0.0722. The number of nitrogens with zero attached hydrogens (tertiary/aromatic N) is 1. The Balaban J connectivity index is 1.56. The Morgan fingerprint density at radius 1 is 1.20 bits per heavy atom. The fraction of sp³-hybridized carbons (Fsp3) is 0.588. The van der Waals surface area contributed by atoms with Crippen molar-refractivity contribution in [2.24, 2.45) is 0 Å². The predicted octanol–water partition coefficient (Wildman–Crippen LogP) is 1.92. The molecule has 0 atom stereocenters. The third kappa shape index (κ3) is 4.50. The maximum atomic E-state index is 12.5. The summed E-state index contributed by atoms with van der Waals surface area (Å²) in [5.74, 6) is -0.371. The normalized spacial score (nSPS) is 19.4. The minimum atomic E-state index is -3.71. The quantitative estimate of drug-likeness (QED) is 0.775. The lowest BCUT2D eigenvalue weighted by Crippen LogP contribution is -2.40. The summed E-state index contributed by atoms with van der Waals surface area (Å²) in [4.78, 5) is 12.2. The molecule has 0 aromatic carbocycles. The highest BCUT2D eigenvalue weighted by Crippen LogP contribution is 2.21. The molecule has 1 saturated heterocycles. The van der Waals surface area contributed by atoms with Crippen molar-refractivity contribution in [1.29, 1.82) is 0 Å². The van der Waals surface area contributed by atoms with Crippen LogP contribution in [0.2, 0.25) is 0 Å². The molecule has 1 fully saturated rings. The van der Waals surface area contributed by atoms with Crippen molar-refractivity contribution < 1.29 is 22.4 Å². The van der Waals surface area contributed by atoms with E-state index in [1.807, 2.05) is 0 Å². The Morgan fingerprint density at radius 2 is 2.00 bits per heavy atom. The number of nitrogens with one attached hydrogen (secondary N) is 1. The molecule has 25 heavy (non-hydrogen) atoms. The van der Waals surface area contributed by atoms with Gasteiger partial charge in [0.15, 0.2) is 5.76 Å². The first-order valence-corrected chi connectivity index (χ1v) is 10.2. The number of rotatable bonds is 6. The number of hydrogen-bond acceptors (Lipinski definition) is 5. The van der Waals surface area contributed by atoms with Gasteiger partial charge in [0.2, 0.25) is 5.09 Å². The van der Waals surface area contributed by atoms with E-state index >= 15 is 0 Å². The zero-order valence-corrected chi connectivity index (χ0v) is 15.0. The fourth-order valence-corrected chi connectivity index (χ4v) is 4.37. The summed E-state index contributed by atoms with van der Waals surface area (Å²) in [7, 11) is -3.71. The first-order chi connectivity index (χ1) is 12.1. The van der Waals surface area contributed by atoms with Gasteiger partial charge >= 0.3 is 0 Å². The molecule has 1 N–H and O–H groups in total. The SMILES string of the molecule is O=C(NCCC1=CCCCC1)c1ccc(S(=O)(=O)N2CCOCC2)o1. The monoisotopic (exact) mass is 368 g/mol. The number of amides is 1. The number of ether oxygens (including phenoxy) is 1. The smallest absolute Gasteiger partial charge is 0.287 e. The zero-order valence-electron chi connectivity index (χ0n) is 14.2. The van der Waals surface area contributed by atoms with E-state index < -0.39 is 10.0 Å². The minimum Gasteiger partial charge on any atom is -0.438 e. The summed E-state index contributed by atoms with van der Waals surface area (Å²) in [6, 6.07) is 2.74. The summed E-state index contributed by atoms with van der Waals surface area (Å²) in [6.45, 7) is 1.84. The molecule has 1 aliphatic carbocycles. The number of carbonyl (C=O) groups is 1. The van der Waals surface area contributed by atoms with Crippen LogP contribution < -0.4 is 5.32 Å². The Morgan fingerprint density at radius 3 is 2.72 bits per heavy atom. The fourth-order valence-electron chi connectivity index (χ4n) is 3.05. The van der Waals surface area contributed by atoms with E-state index in [0.717, 1.165) is 19.3 Å². The number of morpholine rings is 1. The van der Waals surface area contributed by atoms with E-state index in [4.69, 9.17) is 9.15 Å². The van der Waals surface area contributed by atoms with Gasteiger partial charge in [-0.1, -0.05) is 11.6 Å². The van der Waals surface area contributed by atoms with Gasteiger partial charge in [-0.15, -0.1) is 0 Å². The molecule has 7 nitrogen and oxygen atoms in total. The molecule has 0 unspecified atom stereocenters. The van der Waals surface area contributed by atoms with Crippen LogP contribution in [-0.2, 0) is 14.8 Å². The summed E-state index contributed by atoms with van der Waals surface area (Å²) in [6.07, 6.45) is 7.73. The molecular weight excluding hydrogens is 344 g/mol. The van der Waals surface area contributed by atoms with E-state index in [9.17, 15) is 13.2 Å². The van der Waals surface area contributed by atoms with Gasteiger partial charge in [-0.25, -0.2) is 8.42 Å². The molecule has 2 aliphatic rings. The second-order valence-corrected chi connectivity index (χ2v) is 8.12. The molecule has 138 valence electrons. The van der Waals surface area contributed by atoms with Crippen LogP contribution in [0, 0.1) is 0 Å². The number of furan rings is 1. The molecule has 0 saturated carbocycles. The molecule has 0 bridgehead atoms. The first kappa shape index (κ1) is 18.2. The average molecular weight is 368 g/mol. The molecule has 2 heterocycles. The molecule has 3 rings (SSSR count). The molecule has 0 radical (unpaired) electrons. The van der Waals surface area contributed by atoms with Crippen LogP contribution in [0.15, 0.2) is 33.3 Å². The Hall–Kier alpha value is -1.64. The zero-order chi connectivity index (χ0) is 17.7. The van der Waals surface area contributed by atoms with Crippen LogP contribution in [0.1, 0.15) is 42.7 Å². The number of hydrogen-bond donors (Lipinski definition) is 1. The van der Waals surface area contributed by atoms with E-state index in [2.05, 4.69) is 11.4 Å². The lowest BCUT2D eigenvalue weighted by atomic mass is 9.97. The standard InChI is InChI=1S/C17H24N2O5S/c20-17(18-9-8-14-4-2-1-3-5-14)15-6-7-16(24-15)25(21,22)19-10-12-23-13-11-19/h4,6-7H,1-3,5,8-13H2,(H,18,20). The van der Waals surface area contributed by atoms with Crippen molar-refractivity contribution in [2.75, 3.05) is 32.8 Å². The molecule has 1 aromatic heterocycles. The Kier molecular flexibility index (Phi) is 5.93. The number of allylic oxidation sites excluding steroid dienone is 1. The number of carbonyl (C=O) groups excluding carboxylic acids is 1. The maximum absolute atomic E-state index is 12.5. The second kappa shape index (κ2) is 8.16. The van der Waals surface area contributed by atoms with Gasteiger partial charge in [0.25, 0.3) is 15.9 Å². The van der Waals surface area contributed by atoms with Gasteiger partial charge in [0.1, 0.15) is 0 Å². The highest BCUT2D eigenvalue weighted by Gasteiger charge is 2.30. The molecule has 0 spiro atoms. The van der Waals surface area contributed by atoms with Crippen LogP contribution in [0.3, 0.4) is 0 Å². The van der Waals surface area contributed by atoms with Gasteiger partial charge in [-0.3, -0.25) is 4.79 Å². The third-order valence-electron chi connectivity index (χ3n) is 4.49. The predicted molar refractivity (Wildman–Crippen MR) is 91.8 cm³/mol. The van der Waals surface area contributed by atoms with Crippen LogP contribution in [0.4, 0.5) is 0 Å². The van der Waals surface area contributed by atoms with Crippen molar-refractivity contribution in [3.63, 3.8) is 0 Å². The first-order valence-electron chi connectivity index (χ1n) is 8.71. The number of sulfonamides is 1. The highest BCUT2D eigenvalue weighted by atomic mass is 32.2. The maximum Gasteiger partial charge on any atom is 0.287 e. The Labute approximate surface area is 148 Å². The van der Waals surface area contributed by atoms with Crippen LogP contribution in [0.25, 0.3) is 0 Å². The van der Waals surface area contributed by atoms with E-state index in [-0.39, 0.29) is 16.8 Å². The van der Waals surface area contributed by atoms with Crippen molar-refractivity contribution in [3.8, 4) is 0 Å². The average Bonchev–Trinajstić information content (AvgIpc) is 3.14. The molecule has 1 amide bonds. The molecular formula is C17H24N2O5S. The van der Waals surface area contributed by atoms with Gasteiger partial charge in [0, 0.05) is 19.6 Å². The van der Waals surface area contributed by atoms with Gasteiger partial charge in [-0.2, -0.15) is 4.31 Å². The highest BCUT2D eigenvalue weighted by molar-refractivity contribution is 7.89. The largest absolute Gasteiger partial charge is 0.438 e. The van der Waals surface area contributed by atoms with Crippen LogP contribution in [0.5, 0.6) is 0 Å². The van der Waals surface area contributed by atoms with Crippen molar-refractivity contribution in [3.05, 3.63) is 29.5 Å². The summed E-state index contributed by atoms with van der Waals surface area (Å²) in [5, 5.41) is 2.59.